The summed E-state index contributed by atoms with van der Waals surface area (Å²) >= 11 is 12.6. The molecule has 1 aromatic heterocycles. The van der Waals surface area contributed by atoms with E-state index in [0.717, 1.165) is 13.1 Å². The summed E-state index contributed by atoms with van der Waals surface area (Å²) in [7, 11) is 1.36. The van der Waals surface area contributed by atoms with Crippen LogP contribution >= 0.6 is 23.2 Å². The van der Waals surface area contributed by atoms with Crippen molar-refractivity contribution in [3.05, 3.63) is 51.8 Å². The van der Waals surface area contributed by atoms with Crippen molar-refractivity contribution in [2.45, 2.75) is 19.9 Å². The van der Waals surface area contributed by atoms with Crippen LogP contribution in [0.4, 0.5) is 5.95 Å². The molecule has 0 radical (unpaired) electrons. The molecule has 32 heavy (non-hydrogen) atoms. The SMILES string of the molecule is CCN(CC)c1ncc(Cl)c(C(=O)N2CCN(C(C(=O)OC)c3ccccc3Cl)CC2)n1. The first-order valence-corrected chi connectivity index (χ1v) is 11.3. The molecule has 8 nitrogen and oxygen atoms in total. The third kappa shape index (κ3) is 5.14. The van der Waals surface area contributed by atoms with Crippen molar-refractivity contribution >= 4 is 41.0 Å². The van der Waals surface area contributed by atoms with Gasteiger partial charge in [0.05, 0.1) is 18.3 Å². The molecular weight excluding hydrogens is 453 g/mol. The largest absolute Gasteiger partial charge is 0.468 e. The Morgan fingerprint density at radius 3 is 2.34 bits per heavy atom. The molecule has 3 rings (SSSR count). The maximum atomic E-state index is 13.2. The molecule has 1 fully saturated rings. The molecule has 2 heterocycles. The number of hydrogen-bond donors (Lipinski definition) is 0. The molecule has 1 aliphatic rings. The molecule has 1 amide bonds. The van der Waals surface area contributed by atoms with Gasteiger partial charge in [-0.25, -0.2) is 14.8 Å². The molecule has 1 saturated heterocycles. The van der Waals surface area contributed by atoms with E-state index >= 15 is 0 Å². The smallest absolute Gasteiger partial charge is 0.327 e. The van der Waals surface area contributed by atoms with Crippen LogP contribution in [-0.2, 0) is 9.53 Å². The molecule has 1 aliphatic heterocycles. The van der Waals surface area contributed by atoms with Crippen molar-refractivity contribution in [3.8, 4) is 0 Å². The zero-order valence-electron chi connectivity index (χ0n) is 18.4. The number of piperazine rings is 1. The van der Waals surface area contributed by atoms with Gasteiger partial charge in [-0.1, -0.05) is 41.4 Å². The number of rotatable bonds is 7. The Morgan fingerprint density at radius 2 is 1.75 bits per heavy atom. The van der Waals surface area contributed by atoms with Crippen LogP contribution in [0.2, 0.25) is 10.0 Å². The molecule has 1 unspecified atom stereocenters. The Bertz CT molecular complexity index is 962. The van der Waals surface area contributed by atoms with Crippen LogP contribution in [0.3, 0.4) is 0 Å². The van der Waals surface area contributed by atoms with Crippen LogP contribution in [0.1, 0.15) is 35.9 Å². The lowest BCUT2D eigenvalue weighted by molar-refractivity contribution is -0.148. The zero-order valence-corrected chi connectivity index (χ0v) is 19.9. The van der Waals surface area contributed by atoms with Crippen LogP contribution in [0.15, 0.2) is 30.5 Å². The average molecular weight is 480 g/mol. The fraction of sp³-hybridized carbons (Fsp3) is 0.455. The van der Waals surface area contributed by atoms with E-state index in [2.05, 4.69) is 9.97 Å². The Kier molecular flexibility index (Phi) is 8.28. The second-order valence-electron chi connectivity index (χ2n) is 7.31. The van der Waals surface area contributed by atoms with Gasteiger partial charge in [-0.2, -0.15) is 0 Å². The number of hydrogen-bond acceptors (Lipinski definition) is 7. The van der Waals surface area contributed by atoms with Gasteiger partial charge in [-0.05, 0) is 25.5 Å². The highest BCUT2D eigenvalue weighted by molar-refractivity contribution is 6.33. The van der Waals surface area contributed by atoms with Crippen LogP contribution in [-0.4, -0.2) is 78.0 Å². The van der Waals surface area contributed by atoms with Crippen LogP contribution in [0, 0.1) is 0 Å². The zero-order chi connectivity index (χ0) is 23.3. The molecule has 0 N–H and O–H groups in total. The lowest BCUT2D eigenvalue weighted by Gasteiger charge is -2.38. The number of carbonyl (C=O) groups is 2. The summed E-state index contributed by atoms with van der Waals surface area (Å²) in [6.07, 6.45) is 1.47. The molecule has 0 saturated carbocycles. The van der Waals surface area contributed by atoms with E-state index in [1.807, 2.05) is 41.8 Å². The van der Waals surface area contributed by atoms with Gasteiger partial charge in [-0.3, -0.25) is 9.69 Å². The summed E-state index contributed by atoms with van der Waals surface area (Å²) < 4.78 is 5.03. The molecule has 0 aliphatic carbocycles. The Hall–Kier alpha value is -2.42. The standard InChI is InChI=1S/C22H27Cl2N5O3/c1-4-27(5-2)22-25-14-17(24)18(26-22)20(30)29-12-10-28(11-13-29)19(21(31)32-3)15-8-6-7-9-16(15)23/h6-9,14,19H,4-5,10-13H2,1-3H3. The lowest BCUT2D eigenvalue weighted by atomic mass is 10.0. The number of aromatic nitrogens is 2. The molecule has 0 spiro atoms. The van der Waals surface area contributed by atoms with E-state index < -0.39 is 6.04 Å². The average Bonchev–Trinajstić information content (AvgIpc) is 2.82. The summed E-state index contributed by atoms with van der Waals surface area (Å²) in [5.41, 5.74) is 0.871. The summed E-state index contributed by atoms with van der Waals surface area (Å²) in [4.78, 5) is 40.0. The van der Waals surface area contributed by atoms with Crippen LogP contribution < -0.4 is 4.90 Å². The van der Waals surface area contributed by atoms with Crippen molar-refractivity contribution in [2.75, 3.05) is 51.3 Å². The van der Waals surface area contributed by atoms with Crippen molar-refractivity contribution in [2.24, 2.45) is 0 Å². The minimum Gasteiger partial charge on any atom is -0.468 e. The number of amides is 1. The lowest BCUT2D eigenvalue weighted by Crippen LogP contribution is -2.51. The predicted molar refractivity (Wildman–Crippen MR) is 124 cm³/mol. The second kappa shape index (κ2) is 10.9. The summed E-state index contributed by atoms with van der Waals surface area (Å²) in [6.45, 7) is 7.22. The van der Waals surface area contributed by atoms with E-state index in [9.17, 15) is 9.59 Å². The quantitative estimate of drug-likeness (QED) is 0.563. The number of benzene rings is 1. The highest BCUT2D eigenvalue weighted by atomic mass is 35.5. The van der Waals surface area contributed by atoms with E-state index in [4.69, 9.17) is 27.9 Å². The van der Waals surface area contributed by atoms with Gasteiger partial charge in [0.25, 0.3) is 5.91 Å². The van der Waals surface area contributed by atoms with Gasteiger partial charge < -0.3 is 14.5 Å². The number of nitrogens with zero attached hydrogens (tertiary/aromatic N) is 5. The fourth-order valence-corrected chi connectivity index (χ4v) is 4.19. The summed E-state index contributed by atoms with van der Waals surface area (Å²) in [5, 5.41) is 0.718. The van der Waals surface area contributed by atoms with E-state index in [1.165, 1.54) is 13.3 Å². The number of methoxy groups -OCH3 is 1. The Balaban J connectivity index is 1.76. The monoisotopic (exact) mass is 479 g/mol. The fourth-order valence-electron chi connectivity index (χ4n) is 3.78. The maximum absolute atomic E-state index is 13.2. The topological polar surface area (TPSA) is 78.9 Å². The molecular formula is C22H27Cl2N5O3. The van der Waals surface area contributed by atoms with Crippen molar-refractivity contribution < 1.29 is 14.3 Å². The minimum absolute atomic E-state index is 0.188. The first-order valence-electron chi connectivity index (χ1n) is 10.5. The van der Waals surface area contributed by atoms with Gasteiger partial charge >= 0.3 is 5.97 Å². The highest BCUT2D eigenvalue weighted by Crippen LogP contribution is 2.30. The summed E-state index contributed by atoms with van der Waals surface area (Å²) in [6, 6.07) is 6.58. The van der Waals surface area contributed by atoms with Gasteiger partial charge in [0.1, 0.15) is 6.04 Å². The van der Waals surface area contributed by atoms with Gasteiger partial charge in [0, 0.05) is 44.3 Å². The van der Waals surface area contributed by atoms with Gasteiger partial charge in [0.15, 0.2) is 5.69 Å². The molecule has 0 bridgehead atoms. The Morgan fingerprint density at radius 1 is 1.09 bits per heavy atom. The predicted octanol–water partition coefficient (Wildman–Crippen LogP) is 3.30. The molecule has 172 valence electrons. The molecule has 10 heteroatoms. The van der Waals surface area contributed by atoms with E-state index in [1.54, 1.807) is 11.0 Å². The van der Waals surface area contributed by atoms with Crippen molar-refractivity contribution in [3.63, 3.8) is 0 Å². The number of ether oxygens (including phenoxy) is 1. The molecule has 1 aromatic carbocycles. The highest BCUT2D eigenvalue weighted by Gasteiger charge is 2.34. The van der Waals surface area contributed by atoms with Crippen molar-refractivity contribution in [1.82, 2.24) is 19.8 Å². The third-order valence-corrected chi connectivity index (χ3v) is 6.19. The first-order chi connectivity index (χ1) is 15.4. The maximum Gasteiger partial charge on any atom is 0.327 e. The number of esters is 1. The second-order valence-corrected chi connectivity index (χ2v) is 8.13. The molecule has 1 atom stereocenters. The van der Waals surface area contributed by atoms with Crippen molar-refractivity contribution in [1.29, 1.82) is 0 Å². The molecule has 2 aromatic rings. The van der Waals surface area contributed by atoms with Gasteiger partial charge in [-0.15, -0.1) is 0 Å². The first kappa shape index (κ1) is 24.2. The van der Waals surface area contributed by atoms with Gasteiger partial charge in [0.2, 0.25) is 5.95 Å². The van der Waals surface area contributed by atoms with Crippen LogP contribution in [0.5, 0.6) is 0 Å². The summed E-state index contributed by atoms with van der Waals surface area (Å²) in [5.74, 6) is -0.163. The number of halogens is 2. The van der Waals surface area contributed by atoms with Crippen LogP contribution in [0.25, 0.3) is 0 Å². The number of anilines is 1. The minimum atomic E-state index is -0.636. The number of carbonyl (C=O) groups excluding carboxylic acids is 2. The third-order valence-electron chi connectivity index (χ3n) is 5.57. The Labute approximate surface area is 198 Å². The van der Waals surface area contributed by atoms with E-state index in [-0.39, 0.29) is 22.6 Å². The normalized spacial score (nSPS) is 15.3. The van der Waals surface area contributed by atoms with E-state index in [0.29, 0.717) is 42.7 Å².